The van der Waals surface area contributed by atoms with E-state index in [9.17, 15) is 20.2 Å². The zero-order valence-electron chi connectivity index (χ0n) is 12.4. The summed E-state index contributed by atoms with van der Waals surface area (Å²) in [6, 6.07) is 10.3. The molecule has 9 nitrogen and oxygen atoms in total. The van der Waals surface area contributed by atoms with Crippen molar-refractivity contribution in [2.75, 3.05) is 0 Å². The van der Waals surface area contributed by atoms with Gasteiger partial charge in [0.2, 0.25) is 11.8 Å². The molecule has 0 unspecified atom stereocenters. The highest BCUT2D eigenvalue weighted by molar-refractivity contribution is 5.62. The molecule has 0 aliphatic heterocycles. The van der Waals surface area contributed by atoms with Crippen molar-refractivity contribution in [2.24, 2.45) is 0 Å². The molecule has 2 aromatic carbocycles. The van der Waals surface area contributed by atoms with Gasteiger partial charge in [0, 0.05) is 34.9 Å². The summed E-state index contributed by atoms with van der Waals surface area (Å²) in [7, 11) is 0. The predicted molar refractivity (Wildman–Crippen MR) is 83.2 cm³/mol. The predicted octanol–water partition coefficient (Wildman–Crippen LogP) is 3.53. The average Bonchev–Trinajstić information content (AvgIpc) is 3.05. The first kappa shape index (κ1) is 15.3. The molecule has 0 N–H and O–H groups in total. The van der Waals surface area contributed by atoms with Crippen LogP contribution in [-0.2, 0) is 0 Å². The molecule has 0 radical (unpaired) electrons. The summed E-state index contributed by atoms with van der Waals surface area (Å²) in [5.74, 6) is 0.301. The molecular formula is C15H10N4O5. The number of nitrogens with zero attached hydrogens (tertiary/aromatic N) is 4. The fourth-order valence-electron chi connectivity index (χ4n) is 2.12. The van der Waals surface area contributed by atoms with E-state index in [1.54, 1.807) is 19.1 Å². The molecule has 0 aliphatic rings. The van der Waals surface area contributed by atoms with Gasteiger partial charge in [-0.15, -0.1) is 10.2 Å². The standard InChI is InChI=1S/C15H10N4O5/c1-9-2-3-11(8-13(9)19(22)23)15-17-16-14(24-15)10-4-6-12(7-5-10)18(20)21/h2-8H,1H3. The van der Waals surface area contributed by atoms with Crippen molar-refractivity contribution in [3.8, 4) is 22.9 Å². The molecule has 9 heteroatoms. The lowest BCUT2D eigenvalue weighted by Crippen LogP contribution is -1.92. The third-order valence-corrected chi connectivity index (χ3v) is 3.40. The maximum Gasteiger partial charge on any atom is 0.273 e. The van der Waals surface area contributed by atoms with Gasteiger partial charge in [0.25, 0.3) is 11.4 Å². The number of aryl methyl sites for hydroxylation is 1. The minimum Gasteiger partial charge on any atom is -0.416 e. The Labute approximate surface area is 134 Å². The third-order valence-electron chi connectivity index (χ3n) is 3.40. The quantitative estimate of drug-likeness (QED) is 0.530. The lowest BCUT2D eigenvalue weighted by atomic mass is 10.1. The van der Waals surface area contributed by atoms with Gasteiger partial charge < -0.3 is 4.42 Å². The first-order chi connectivity index (χ1) is 11.5. The molecule has 0 bridgehead atoms. The van der Waals surface area contributed by atoms with Crippen LogP contribution >= 0.6 is 0 Å². The average molecular weight is 326 g/mol. The Hall–Kier alpha value is -3.62. The topological polar surface area (TPSA) is 125 Å². The van der Waals surface area contributed by atoms with Crippen molar-refractivity contribution in [2.45, 2.75) is 6.92 Å². The van der Waals surface area contributed by atoms with Gasteiger partial charge in [-0.05, 0) is 25.1 Å². The van der Waals surface area contributed by atoms with Crippen LogP contribution in [-0.4, -0.2) is 20.0 Å². The Kier molecular flexibility index (Phi) is 3.74. The first-order valence-corrected chi connectivity index (χ1v) is 6.79. The Bertz CT molecular complexity index is 933. The van der Waals surface area contributed by atoms with Crippen LogP contribution < -0.4 is 0 Å². The number of aromatic nitrogens is 2. The number of non-ortho nitro benzene ring substituents is 1. The van der Waals surface area contributed by atoms with Crippen LogP contribution in [0.4, 0.5) is 11.4 Å². The van der Waals surface area contributed by atoms with Gasteiger partial charge in [-0.2, -0.15) is 0 Å². The largest absolute Gasteiger partial charge is 0.416 e. The van der Waals surface area contributed by atoms with Gasteiger partial charge >= 0.3 is 0 Å². The Balaban J connectivity index is 1.95. The maximum atomic E-state index is 11.0. The molecule has 0 aliphatic carbocycles. The summed E-state index contributed by atoms with van der Waals surface area (Å²) < 4.78 is 5.52. The van der Waals surface area contributed by atoms with Crippen LogP contribution in [0, 0.1) is 27.2 Å². The smallest absolute Gasteiger partial charge is 0.273 e. The summed E-state index contributed by atoms with van der Waals surface area (Å²) in [4.78, 5) is 20.7. The van der Waals surface area contributed by atoms with E-state index in [1.807, 2.05) is 0 Å². The lowest BCUT2D eigenvalue weighted by Gasteiger charge is -1.99. The summed E-state index contributed by atoms with van der Waals surface area (Å²) in [5, 5.41) is 29.4. The molecule has 120 valence electrons. The summed E-state index contributed by atoms with van der Waals surface area (Å²) in [6.45, 7) is 1.64. The third kappa shape index (κ3) is 2.82. The van der Waals surface area contributed by atoms with Crippen LogP contribution in [0.1, 0.15) is 5.56 Å². The zero-order valence-corrected chi connectivity index (χ0v) is 12.4. The molecule has 0 amide bonds. The van der Waals surface area contributed by atoms with E-state index < -0.39 is 9.85 Å². The van der Waals surface area contributed by atoms with E-state index in [0.29, 0.717) is 16.7 Å². The van der Waals surface area contributed by atoms with E-state index in [0.717, 1.165) is 0 Å². The van der Waals surface area contributed by atoms with Crippen LogP contribution in [0.15, 0.2) is 46.9 Å². The first-order valence-electron chi connectivity index (χ1n) is 6.79. The Morgan fingerprint density at radius 3 is 2.04 bits per heavy atom. The Morgan fingerprint density at radius 2 is 1.46 bits per heavy atom. The molecule has 0 saturated heterocycles. The Morgan fingerprint density at radius 1 is 0.875 bits per heavy atom. The SMILES string of the molecule is Cc1ccc(-c2nnc(-c3ccc([N+](=O)[O-])cc3)o2)cc1[N+](=O)[O-]. The van der Waals surface area contributed by atoms with E-state index in [4.69, 9.17) is 4.42 Å². The fraction of sp³-hybridized carbons (Fsp3) is 0.0667. The molecule has 1 heterocycles. The highest BCUT2D eigenvalue weighted by Gasteiger charge is 2.16. The van der Waals surface area contributed by atoms with E-state index in [-0.39, 0.29) is 23.2 Å². The summed E-state index contributed by atoms with van der Waals surface area (Å²) >= 11 is 0. The number of hydrogen-bond acceptors (Lipinski definition) is 7. The highest BCUT2D eigenvalue weighted by atomic mass is 16.6. The lowest BCUT2D eigenvalue weighted by molar-refractivity contribution is -0.385. The minimum atomic E-state index is -0.505. The van der Waals surface area contributed by atoms with Crippen LogP contribution in [0.2, 0.25) is 0 Å². The highest BCUT2D eigenvalue weighted by Crippen LogP contribution is 2.28. The second-order valence-electron chi connectivity index (χ2n) is 4.97. The molecule has 24 heavy (non-hydrogen) atoms. The number of benzene rings is 2. The molecule has 3 aromatic rings. The van der Waals surface area contributed by atoms with Crippen molar-refractivity contribution >= 4 is 11.4 Å². The molecule has 0 saturated carbocycles. The normalized spacial score (nSPS) is 10.5. The van der Waals surface area contributed by atoms with Gasteiger partial charge in [0.1, 0.15) is 0 Å². The summed E-state index contributed by atoms with van der Waals surface area (Å²) in [6.07, 6.45) is 0. The van der Waals surface area contributed by atoms with E-state index in [1.165, 1.54) is 30.3 Å². The molecule has 0 atom stereocenters. The van der Waals surface area contributed by atoms with Crippen molar-refractivity contribution < 1.29 is 14.3 Å². The number of nitro groups is 2. The van der Waals surface area contributed by atoms with Crippen molar-refractivity contribution in [3.63, 3.8) is 0 Å². The minimum absolute atomic E-state index is 0.0393. The molecule has 1 aromatic heterocycles. The number of rotatable bonds is 4. The second-order valence-corrected chi connectivity index (χ2v) is 4.97. The second kappa shape index (κ2) is 5.88. The zero-order chi connectivity index (χ0) is 17.3. The van der Waals surface area contributed by atoms with Crippen molar-refractivity contribution in [3.05, 3.63) is 68.3 Å². The molecular weight excluding hydrogens is 316 g/mol. The van der Waals surface area contributed by atoms with E-state index >= 15 is 0 Å². The van der Waals surface area contributed by atoms with Crippen molar-refractivity contribution in [1.82, 2.24) is 10.2 Å². The van der Waals surface area contributed by atoms with E-state index in [2.05, 4.69) is 10.2 Å². The monoisotopic (exact) mass is 326 g/mol. The number of hydrogen-bond donors (Lipinski definition) is 0. The van der Waals surface area contributed by atoms with Crippen molar-refractivity contribution in [1.29, 1.82) is 0 Å². The van der Waals surface area contributed by atoms with Gasteiger partial charge in [-0.3, -0.25) is 20.2 Å². The molecule has 0 fully saturated rings. The molecule has 3 rings (SSSR count). The van der Waals surface area contributed by atoms with Gasteiger partial charge in [0.15, 0.2) is 0 Å². The number of nitro benzene ring substituents is 2. The van der Waals surface area contributed by atoms with Gasteiger partial charge in [0.05, 0.1) is 9.85 Å². The van der Waals surface area contributed by atoms with Gasteiger partial charge in [-0.1, -0.05) is 6.07 Å². The summed E-state index contributed by atoms with van der Waals surface area (Å²) in [5.41, 5.74) is 1.38. The molecule has 0 spiro atoms. The van der Waals surface area contributed by atoms with Crippen LogP contribution in [0.3, 0.4) is 0 Å². The van der Waals surface area contributed by atoms with Crippen LogP contribution in [0.25, 0.3) is 22.9 Å². The maximum absolute atomic E-state index is 11.0. The van der Waals surface area contributed by atoms with Crippen LogP contribution in [0.5, 0.6) is 0 Å². The fourth-order valence-corrected chi connectivity index (χ4v) is 2.12. The van der Waals surface area contributed by atoms with Gasteiger partial charge in [-0.25, -0.2) is 0 Å².